The zero-order valence-corrected chi connectivity index (χ0v) is 11.2. The number of amides is 1. The van der Waals surface area contributed by atoms with E-state index in [1.807, 2.05) is 30.3 Å². The highest BCUT2D eigenvalue weighted by Gasteiger charge is 2.07. The number of ether oxygens (including phenoxy) is 1. The molecule has 0 radical (unpaired) electrons. The highest BCUT2D eigenvalue weighted by molar-refractivity contribution is 5.75. The molecule has 2 rings (SSSR count). The van der Waals surface area contributed by atoms with Crippen molar-refractivity contribution >= 4 is 5.91 Å². The first-order valence-corrected chi connectivity index (χ1v) is 6.25. The van der Waals surface area contributed by atoms with Crippen molar-refractivity contribution in [2.24, 2.45) is 0 Å². The molecular weight excluding hydrogens is 256 g/mol. The topological polar surface area (TPSA) is 60.3 Å². The van der Waals surface area contributed by atoms with Crippen molar-refractivity contribution in [3.8, 4) is 5.75 Å². The van der Waals surface area contributed by atoms with Gasteiger partial charge in [0.15, 0.2) is 5.75 Å². The number of aromatic nitrogens is 1. The molecule has 0 atom stereocenters. The van der Waals surface area contributed by atoms with E-state index in [0.29, 0.717) is 6.54 Å². The summed E-state index contributed by atoms with van der Waals surface area (Å²) in [7, 11) is 1.43. The van der Waals surface area contributed by atoms with Crippen LogP contribution in [0.3, 0.4) is 0 Å². The number of pyridine rings is 1. The molecule has 0 saturated carbocycles. The van der Waals surface area contributed by atoms with Gasteiger partial charge in [0, 0.05) is 12.7 Å². The SMILES string of the molecule is COc1cccn(CC(=O)NCc2ccccc2)c1=O. The molecule has 20 heavy (non-hydrogen) atoms. The monoisotopic (exact) mass is 272 g/mol. The fraction of sp³-hybridized carbons (Fsp3) is 0.200. The van der Waals surface area contributed by atoms with Crippen LogP contribution in [0.2, 0.25) is 0 Å². The summed E-state index contributed by atoms with van der Waals surface area (Å²) in [6, 6.07) is 12.8. The Balaban J connectivity index is 1.97. The van der Waals surface area contributed by atoms with Crippen LogP contribution in [0.4, 0.5) is 0 Å². The highest BCUT2D eigenvalue weighted by atomic mass is 16.5. The Bertz CT molecular complexity index is 635. The van der Waals surface area contributed by atoms with Gasteiger partial charge in [-0.1, -0.05) is 30.3 Å². The summed E-state index contributed by atoms with van der Waals surface area (Å²) in [5.74, 6) is 0.00701. The lowest BCUT2D eigenvalue weighted by Gasteiger charge is -2.08. The minimum atomic E-state index is -0.315. The smallest absolute Gasteiger partial charge is 0.293 e. The second kappa shape index (κ2) is 6.56. The number of carbonyl (C=O) groups is 1. The highest BCUT2D eigenvalue weighted by Crippen LogP contribution is 2.00. The molecule has 1 aromatic heterocycles. The van der Waals surface area contributed by atoms with E-state index in [0.717, 1.165) is 5.56 Å². The van der Waals surface area contributed by atoms with Crippen molar-refractivity contribution in [3.63, 3.8) is 0 Å². The van der Waals surface area contributed by atoms with Gasteiger partial charge in [-0.3, -0.25) is 9.59 Å². The molecule has 0 spiro atoms. The first kappa shape index (κ1) is 13.9. The molecule has 0 saturated heterocycles. The summed E-state index contributed by atoms with van der Waals surface area (Å²) in [4.78, 5) is 23.7. The molecule has 0 aliphatic rings. The predicted molar refractivity (Wildman–Crippen MR) is 75.5 cm³/mol. The fourth-order valence-corrected chi connectivity index (χ4v) is 1.80. The van der Waals surface area contributed by atoms with Crippen molar-refractivity contribution in [2.75, 3.05) is 7.11 Å². The second-order valence-electron chi connectivity index (χ2n) is 4.27. The number of nitrogens with zero attached hydrogens (tertiary/aromatic N) is 1. The average Bonchev–Trinajstić information content (AvgIpc) is 2.48. The molecule has 1 heterocycles. The summed E-state index contributed by atoms with van der Waals surface area (Å²) >= 11 is 0. The predicted octanol–water partition coefficient (Wildman–Crippen LogP) is 1.17. The van der Waals surface area contributed by atoms with E-state index in [1.165, 1.54) is 11.7 Å². The maximum atomic E-state index is 11.9. The van der Waals surface area contributed by atoms with E-state index in [9.17, 15) is 9.59 Å². The molecule has 5 nitrogen and oxygen atoms in total. The number of rotatable bonds is 5. The Labute approximate surface area is 116 Å². The third-order valence-corrected chi connectivity index (χ3v) is 2.85. The molecule has 0 bridgehead atoms. The number of methoxy groups -OCH3 is 1. The zero-order valence-electron chi connectivity index (χ0n) is 11.2. The second-order valence-corrected chi connectivity index (χ2v) is 4.27. The van der Waals surface area contributed by atoms with E-state index in [2.05, 4.69) is 5.32 Å². The van der Waals surface area contributed by atoms with Crippen LogP contribution in [0, 0.1) is 0 Å². The standard InChI is InChI=1S/C15H16N2O3/c1-20-13-8-5-9-17(15(13)19)11-14(18)16-10-12-6-3-2-4-7-12/h2-9H,10-11H2,1H3,(H,16,18). The molecule has 0 fully saturated rings. The van der Waals surface area contributed by atoms with Gasteiger partial charge in [-0.05, 0) is 17.7 Å². The Hall–Kier alpha value is -2.56. The number of hydrogen-bond donors (Lipinski definition) is 1. The van der Waals surface area contributed by atoms with Crippen LogP contribution in [0.5, 0.6) is 5.75 Å². The van der Waals surface area contributed by atoms with Crippen LogP contribution in [0.25, 0.3) is 0 Å². The van der Waals surface area contributed by atoms with Gasteiger partial charge in [0.25, 0.3) is 5.56 Å². The Kier molecular flexibility index (Phi) is 4.55. The summed E-state index contributed by atoms with van der Waals surface area (Å²) in [5, 5.41) is 2.77. The maximum Gasteiger partial charge on any atom is 0.293 e. The first-order valence-electron chi connectivity index (χ1n) is 6.25. The Morgan fingerprint density at radius 2 is 1.95 bits per heavy atom. The van der Waals surface area contributed by atoms with E-state index in [-0.39, 0.29) is 23.8 Å². The number of benzene rings is 1. The van der Waals surface area contributed by atoms with E-state index in [4.69, 9.17) is 4.74 Å². The van der Waals surface area contributed by atoms with Crippen LogP contribution in [0.1, 0.15) is 5.56 Å². The summed E-state index contributed by atoms with van der Waals surface area (Å²) in [6.07, 6.45) is 1.56. The van der Waals surface area contributed by atoms with Crippen LogP contribution in [-0.4, -0.2) is 17.6 Å². The molecule has 104 valence electrons. The number of carbonyl (C=O) groups excluding carboxylic acids is 1. The lowest BCUT2D eigenvalue weighted by Crippen LogP contribution is -2.31. The molecule has 5 heteroatoms. The van der Waals surface area contributed by atoms with Crippen molar-refractivity contribution < 1.29 is 9.53 Å². The van der Waals surface area contributed by atoms with Crippen molar-refractivity contribution in [2.45, 2.75) is 13.1 Å². The maximum absolute atomic E-state index is 11.9. The summed E-state index contributed by atoms with van der Waals surface area (Å²) in [5.41, 5.74) is 0.698. The Morgan fingerprint density at radius 1 is 1.20 bits per heavy atom. The van der Waals surface area contributed by atoms with Crippen LogP contribution < -0.4 is 15.6 Å². The third kappa shape index (κ3) is 3.47. The van der Waals surface area contributed by atoms with Gasteiger partial charge in [-0.2, -0.15) is 0 Å². The molecule has 1 amide bonds. The minimum Gasteiger partial charge on any atom is -0.491 e. The third-order valence-electron chi connectivity index (χ3n) is 2.85. The lowest BCUT2D eigenvalue weighted by atomic mass is 10.2. The minimum absolute atomic E-state index is 0.0249. The van der Waals surface area contributed by atoms with Crippen LogP contribution in [-0.2, 0) is 17.9 Å². The van der Waals surface area contributed by atoms with Gasteiger partial charge < -0.3 is 14.6 Å². The average molecular weight is 272 g/mol. The molecule has 2 aromatic rings. The van der Waals surface area contributed by atoms with Gasteiger partial charge in [0.2, 0.25) is 5.91 Å². The molecule has 1 aromatic carbocycles. The van der Waals surface area contributed by atoms with Gasteiger partial charge in [-0.25, -0.2) is 0 Å². The molecule has 0 aliphatic heterocycles. The zero-order chi connectivity index (χ0) is 14.4. The van der Waals surface area contributed by atoms with E-state index in [1.54, 1.807) is 18.3 Å². The molecule has 1 N–H and O–H groups in total. The largest absolute Gasteiger partial charge is 0.491 e. The Morgan fingerprint density at radius 3 is 2.65 bits per heavy atom. The van der Waals surface area contributed by atoms with Crippen LogP contribution >= 0.6 is 0 Å². The van der Waals surface area contributed by atoms with Gasteiger partial charge in [0.05, 0.1) is 7.11 Å². The fourth-order valence-electron chi connectivity index (χ4n) is 1.80. The molecule has 0 aliphatic carbocycles. The molecular formula is C15H16N2O3. The van der Waals surface area contributed by atoms with Crippen molar-refractivity contribution in [3.05, 3.63) is 64.6 Å². The van der Waals surface area contributed by atoms with E-state index < -0.39 is 0 Å². The lowest BCUT2D eigenvalue weighted by molar-refractivity contribution is -0.121. The summed E-state index contributed by atoms with van der Waals surface area (Å²) in [6.45, 7) is 0.418. The molecule has 0 unspecified atom stereocenters. The van der Waals surface area contributed by atoms with Crippen LogP contribution in [0.15, 0.2) is 53.5 Å². The first-order chi connectivity index (χ1) is 9.70. The van der Waals surface area contributed by atoms with Gasteiger partial charge in [-0.15, -0.1) is 0 Å². The normalized spacial score (nSPS) is 10.1. The van der Waals surface area contributed by atoms with Crippen molar-refractivity contribution in [1.82, 2.24) is 9.88 Å². The number of hydrogen-bond acceptors (Lipinski definition) is 3. The van der Waals surface area contributed by atoms with Crippen molar-refractivity contribution in [1.29, 1.82) is 0 Å². The number of nitrogens with one attached hydrogen (secondary N) is 1. The van der Waals surface area contributed by atoms with E-state index >= 15 is 0 Å². The van der Waals surface area contributed by atoms with Gasteiger partial charge >= 0.3 is 0 Å². The quantitative estimate of drug-likeness (QED) is 0.889. The summed E-state index contributed by atoms with van der Waals surface area (Å²) < 4.78 is 6.25. The van der Waals surface area contributed by atoms with Gasteiger partial charge in [0.1, 0.15) is 6.54 Å².